The summed E-state index contributed by atoms with van der Waals surface area (Å²) in [4.78, 5) is 22.5. The van der Waals surface area contributed by atoms with E-state index < -0.39 is 28.9 Å². The minimum Gasteiger partial charge on any atom is -0.493 e. The maximum atomic E-state index is 12.4. The van der Waals surface area contributed by atoms with Gasteiger partial charge in [0.25, 0.3) is 5.69 Å². The first-order valence-corrected chi connectivity index (χ1v) is 8.44. The van der Waals surface area contributed by atoms with Crippen molar-refractivity contribution in [1.82, 2.24) is 0 Å². The molecule has 0 atom stereocenters. The molecule has 0 aliphatic heterocycles. The normalized spacial score (nSPS) is 10.9. The van der Waals surface area contributed by atoms with E-state index in [2.05, 4.69) is 32.6 Å². The van der Waals surface area contributed by atoms with Crippen molar-refractivity contribution >= 4 is 45.9 Å². The van der Waals surface area contributed by atoms with Gasteiger partial charge in [-0.3, -0.25) is 14.9 Å². The van der Waals surface area contributed by atoms with E-state index in [9.17, 15) is 23.7 Å². The lowest BCUT2D eigenvalue weighted by atomic mass is 10.1. The summed E-state index contributed by atoms with van der Waals surface area (Å²) in [6.07, 6.45) is 2.29. The second-order valence-electron chi connectivity index (χ2n) is 5.00. The summed E-state index contributed by atoms with van der Waals surface area (Å²) >= 11 is 2.05. The predicted molar refractivity (Wildman–Crippen MR) is 103 cm³/mol. The fourth-order valence-electron chi connectivity index (χ4n) is 2.11. The molecule has 27 heavy (non-hydrogen) atoms. The Morgan fingerprint density at radius 1 is 1.30 bits per heavy atom. The van der Waals surface area contributed by atoms with Crippen molar-refractivity contribution in [3.8, 4) is 11.5 Å². The van der Waals surface area contributed by atoms with E-state index in [0.29, 0.717) is 5.69 Å². The minimum atomic E-state index is -3.17. The Bertz CT molecular complexity index is 890. The average Bonchev–Trinajstić information content (AvgIpc) is 2.61. The highest BCUT2D eigenvalue weighted by Crippen LogP contribution is 2.36. The van der Waals surface area contributed by atoms with Crippen molar-refractivity contribution in [1.29, 1.82) is 0 Å². The predicted octanol–water partition coefficient (Wildman–Crippen LogP) is 4.46. The topological polar surface area (TPSA) is 90.7 Å². The third-order valence-corrected chi connectivity index (χ3v) is 4.21. The van der Waals surface area contributed by atoms with Gasteiger partial charge in [0.05, 0.1) is 29.4 Å². The zero-order chi connectivity index (χ0) is 20.0. The average molecular weight is 490 g/mol. The molecule has 0 bridgehead atoms. The SMILES string of the molecule is COc1cc(/C=C/C(=O)Nc2ccccc2I)c([N+](=O)[O-])cc1OC(F)F. The number of carbonyl (C=O) groups excluding carboxylic acids is 1. The summed E-state index contributed by atoms with van der Waals surface area (Å²) < 4.78 is 34.9. The smallest absolute Gasteiger partial charge is 0.387 e. The second-order valence-corrected chi connectivity index (χ2v) is 6.16. The number of amides is 1. The quantitative estimate of drug-likeness (QED) is 0.268. The largest absolute Gasteiger partial charge is 0.493 e. The molecule has 10 heteroatoms. The van der Waals surface area contributed by atoms with Crippen molar-refractivity contribution in [3.05, 3.63) is 61.7 Å². The van der Waals surface area contributed by atoms with E-state index in [-0.39, 0.29) is 11.3 Å². The highest BCUT2D eigenvalue weighted by molar-refractivity contribution is 14.1. The summed E-state index contributed by atoms with van der Waals surface area (Å²) in [5.74, 6) is -1.11. The van der Waals surface area contributed by atoms with Crippen LogP contribution in [0.4, 0.5) is 20.2 Å². The molecule has 0 aliphatic rings. The van der Waals surface area contributed by atoms with Gasteiger partial charge in [0.1, 0.15) is 0 Å². The number of anilines is 1. The Morgan fingerprint density at radius 3 is 2.59 bits per heavy atom. The number of rotatable bonds is 7. The molecule has 0 spiro atoms. The Morgan fingerprint density at radius 2 is 2.00 bits per heavy atom. The van der Waals surface area contributed by atoms with Crippen LogP contribution in [0.1, 0.15) is 5.56 Å². The molecule has 0 aromatic heterocycles. The van der Waals surface area contributed by atoms with E-state index in [1.54, 1.807) is 18.2 Å². The van der Waals surface area contributed by atoms with Crippen LogP contribution in [-0.4, -0.2) is 24.6 Å². The van der Waals surface area contributed by atoms with Gasteiger partial charge in [-0.15, -0.1) is 0 Å². The molecule has 0 saturated carbocycles. The fourth-order valence-corrected chi connectivity index (χ4v) is 2.63. The number of alkyl halides is 2. The Hall–Kier alpha value is -2.76. The fraction of sp³-hybridized carbons (Fsp3) is 0.118. The number of hydrogen-bond donors (Lipinski definition) is 1. The van der Waals surface area contributed by atoms with E-state index in [4.69, 9.17) is 4.74 Å². The number of carbonyl (C=O) groups is 1. The highest BCUT2D eigenvalue weighted by Gasteiger charge is 2.20. The van der Waals surface area contributed by atoms with Gasteiger partial charge in [-0.25, -0.2) is 0 Å². The molecular formula is C17H13F2IN2O5. The van der Waals surface area contributed by atoms with Crippen LogP contribution in [-0.2, 0) is 4.79 Å². The third kappa shape index (κ3) is 5.61. The van der Waals surface area contributed by atoms with Crippen LogP contribution in [0.2, 0.25) is 0 Å². The second kappa shape index (κ2) is 9.26. The standard InChI is InChI=1S/C17H13F2IN2O5/c1-26-14-8-10(13(22(24)25)9-15(14)27-17(18)19)6-7-16(23)21-12-5-3-2-4-11(12)20/h2-9,17H,1H3,(H,21,23)/b7-6+. The van der Waals surface area contributed by atoms with Gasteiger partial charge in [0.15, 0.2) is 11.5 Å². The molecule has 2 aromatic carbocycles. The first-order chi connectivity index (χ1) is 12.8. The monoisotopic (exact) mass is 490 g/mol. The van der Waals surface area contributed by atoms with Crippen molar-refractivity contribution < 1.29 is 28.0 Å². The maximum absolute atomic E-state index is 12.4. The number of nitro benzene ring substituents is 1. The van der Waals surface area contributed by atoms with Crippen molar-refractivity contribution in [2.45, 2.75) is 6.61 Å². The summed E-state index contributed by atoms with van der Waals surface area (Å²) in [6.45, 7) is -3.17. The van der Waals surface area contributed by atoms with E-state index in [1.165, 1.54) is 13.2 Å². The van der Waals surface area contributed by atoms with E-state index >= 15 is 0 Å². The van der Waals surface area contributed by atoms with Gasteiger partial charge in [-0.05, 0) is 46.9 Å². The van der Waals surface area contributed by atoms with Crippen LogP contribution in [0.3, 0.4) is 0 Å². The zero-order valence-electron chi connectivity index (χ0n) is 13.8. The molecule has 2 rings (SSSR count). The van der Waals surface area contributed by atoms with Gasteiger partial charge in [-0.1, -0.05) is 12.1 Å². The van der Waals surface area contributed by atoms with Crippen LogP contribution in [0.5, 0.6) is 11.5 Å². The van der Waals surface area contributed by atoms with E-state index in [1.807, 2.05) is 6.07 Å². The van der Waals surface area contributed by atoms with Crippen molar-refractivity contribution in [2.75, 3.05) is 12.4 Å². The summed E-state index contributed by atoms with van der Waals surface area (Å²) in [5.41, 5.74) is 0.0710. The van der Waals surface area contributed by atoms with Crippen LogP contribution in [0.15, 0.2) is 42.5 Å². The molecule has 0 aliphatic carbocycles. The van der Waals surface area contributed by atoms with Crippen LogP contribution in [0.25, 0.3) is 6.08 Å². The maximum Gasteiger partial charge on any atom is 0.387 e. The molecule has 0 heterocycles. The molecular weight excluding hydrogens is 477 g/mol. The summed E-state index contributed by atoms with van der Waals surface area (Å²) in [7, 11) is 1.21. The van der Waals surface area contributed by atoms with Crippen molar-refractivity contribution in [3.63, 3.8) is 0 Å². The molecule has 1 amide bonds. The van der Waals surface area contributed by atoms with Gasteiger partial charge < -0.3 is 14.8 Å². The molecule has 7 nitrogen and oxygen atoms in total. The molecule has 0 unspecified atom stereocenters. The van der Waals surface area contributed by atoms with Gasteiger partial charge in [-0.2, -0.15) is 8.78 Å². The lowest BCUT2D eigenvalue weighted by molar-refractivity contribution is -0.385. The van der Waals surface area contributed by atoms with Crippen molar-refractivity contribution in [2.24, 2.45) is 0 Å². The summed E-state index contributed by atoms with van der Waals surface area (Å²) in [6, 6.07) is 9.03. The molecule has 0 saturated heterocycles. The highest BCUT2D eigenvalue weighted by atomic mass is 127. The zero-order valence-corrected chi connectivity index (χ0v) is 16.0. The number of benzene rings is 2. The minimum absolute atomic E-state index is 0.00336. The molecule has 2 aromatic rings. The first-order valence-electron chi connectivity index (χ1n) is 7.36. The number of methoxy groups -OCH3 is 1. The number of hydrogen-bond acceptors (Lipinski definition) is 5. The summed E-state index contributed by atoms with van der Waals surface area (Å²) in [5, 5.41) is 13.9. The van der Waals surface area contributed by atoms with Crippen LogP contribution >= 0.6 is 22.6 Å². The molecule has 0 fully saturated rings. The number of ether oxygens (including phenoxy) is 2. The number of para-hydroxylation sites is 1. The van der Waals surface area contributed by atoms with Crippen LogP contribution in [0, 0.1) is 13.7 Å². The number of nitrogens with one attached hydrogen (secondary N) is 1. The Labute approximate surface area is 166 Å². The molecule has 1 N–H and O–H groups in total. The third-order valence-electron chi connectivity index (χ3n) is 3.27. The van der Waals surface area contributed by atoms with Crippen LogP contribution < -0.4 is 14.8 Å². The number of halogens is 3. The number of nitro groups is 1. The molecule has 0 radical (unpaired) electrons. The first kappa shape index (κ1) is 20.6. The lowest BCUT2D eigenvalue weighted by Gasteiger charge is -2.11. The Balaban J connectivity index is 2.30. The molecule has 142 valence electrons. The lowest BCUT2D eigenvalue weighted by Crippen LogP contribution is -2.09. The Kier molecular flexibility index (Phi) is 7.05. The van der Waals surface area contributed by atoms with Gasteiger partial charge in [0, 0.05) is 9.65 Å². The van der Waals surface area contributed by atoms with Gasteiger partial charge in [0.2, 0.25) is 5.91 Å². The number of nitrogens with zero attached hydrogens (tertiary/aromatic N) is 1. The van der Waals surface area contributed by atoms with E-state index in [0.717, 1.165) is 21.8 Å². The van der Waals surface area contributed by atoms with Gasteiger partial charge >= 0.3 is 6.61 Å².